The van der Waals surface area contributed by atoms with Crippen LogP contribution in [-0.4, -0.2) is 25.8 Å². The third-order valence-corrected chi connectivity index (χ3v) is 2.23. The lowest BCUT2D eigenvalue weighted by molar-refractivity contribution is 0.144. The van der Waals surface area contributed by atoms with Crippen LogP contribution in [0.15, 0.2) is 0 Å². The van der Waals surface area contributed by atoms with Gasteiger partial charge < -0.3 is 10.1 Å². The summed E-state index contributed by atoms with van der Waals surface area (Å²) in [7, 11) is 0. The summed E-state index contributed by atoms with van der Waals surface area (Å²) in [5, 5.41) is 3.50. The highest BCUT2D eigenvalue weighted by Crippen LogP contribution is 2.22. The van der Waals surface area contributed by atoms with Crippen LogP contribution < -0.4 is 5.32 Å². The Labute approximate surface area is 69.3 Å². The Morgan fingerprint density at radius 2 is 2.00 bits per heavy atom. The van der Waals surface area contributed by atoms with Gasteiger partial charge in [-0.25, -0.2) is 0 Å². The minimum absolute atomic E-state index is 0.369. The molecular formula is C9H19NO. The predicted octanol–water partition coefficient (Wildman–Crippen LogP) is 1.41. The number of hydrogen-bond acceptors (Lipinski definition) is 2. The molecular weight excluding hydrogens is 138 g/mol. The van der Waals surface area contributed by atoms with Crippen molar-refractivity contribution in [2.75, 3.05) is 19.8 Å². The molecule has 0 aromatic rings. The van der Waals surface area contributed by atoms with E-state index in [1.54, 1.807) is 0 Å². The number of nitrogens with one attached hydrogen (secondary N) is 1. The maximum atomic E-state index is 5.36. The highest BCUT2D eigenvalue weighted by atomic mass is 16.5. The van der Waals surface area contributed by atoms with Crippen molar-refractivity contribution in [1.29, 1.82) is 0 Å². The summed E-state index contributed by atoms with van der Waals surface area (Å²) in [6, 6.07) is 0.616. The van der Waals surface area contributed by atoms with E-state index in [9.17, 15) is 0 Å². The van der Waals surface area contributed by atoms with Crippen LogP contribution >= 0.6 is 0 Å². The predicted molar refractivity (Wildman–Crippen MR) is 46.7 cm³/mol. The van der Waals surface area contributed by atoms with Gasteiger partial charge in [0.15, 0.2) is 0 Å². The van der Waals surface area contributed by atoms with Gasteiger partial charge in [-0.15, -0.1) is 0 Å². The molecule has 1 heterocycles. The number of ether oxygens (including phenoxy) is 1. The van der Waals surface area contributed by atoms with Crippen molar-refractivity contribution in [2.45, 2.75) is 33.2 Å². The van der Waals surface area contributed by atoms with E-state index in [0.717, 1.165) is 26.2 Å². The van der Waals surface area contributed by atoms with Crippen LogP contribution in [0.1, 0.15) is 27.2 Å². The topological polar surface area (TPSA) is 21.3 Å². The molecule has 0 radical (unpaired) electrons. The van der Waals surface area contributed by atoms with Gasteiger partial charge in [0, 0.05) is 19.2 Å². The molecule has 2 nitrogen and oxygen atoms in total. The van der Waals surface area contributed by atoms with Gasteiger partial charge in [0.1, 0.15) is 0 Å². The van der Waals surface area contributed by atoms with Crippen LogP contribution in [0.4, 0.5) is 0 Å². The van der Waals surface area contributed by atoms with Gasteiger partial charge in [-0.05, 0) is 11.8 Å². The summed E-state index contributed by atoms with van der Waals surface area (Å²) < 4.78 is 5.36. The molecule has 2 heteroatoms. The normalized spacial score (nSPS) is 28.1. The third-order valence-electron chi connectivity index (χ3n) is 2.23. The molecule has 1 atom stereocenters. The van der Waals surface area contributed by atoms with Gasteiger partial charge >= 0.3 is 0 Å². The molecule has 0 aliphatic carbocycles. The maximum Gasteiger partial charge on any atom is 0.0591 e. The summed E-state index contributed by atoms with van der Waals surface area (Å²) in [6.07, 6.45) is 1.14. The monoisotopic (exact) mass is 157 g/mol. The van der Waals surface area contributed by atoms with Gasteiger partial charge in [-0.1, -0.05) is 20.8 Å². The standard InChI is InChI=1S/C9H19NO/c1-9(2,3)8-4-6-11-7-5-10-8/h8,10H,4-7H2,1-3H3/t8-/m1/s1. The molecule has 0 saturated carbocycles. The van der Waals surface area contributed by atoms with E-state index in [-0.39, 0.29) is 0 Å². The average Bonchev–Trinajstić information content (AvgIpc) is 2.10. The second-order valence-electron chi connectivity index (χ2n) is 4.27. The molecule has 0 amide bonds. The molecule has 1 aliphatic rings. The van der Waals surface area contributed by atoms with E-state index in [2.05, 4.69) is 26.1 Å². The molecule has 1 saturated heterocycles. The van der Waals surface area contributed by atoms with Crippen molar-refractivity contribution in [3.05, 3.63) is 0 Å². The fourth-order valence-electron chi connectivity index (χ4n) is 1.45. The van der Waals surface area contributed by atoms with Gasteiger partial charge in [-0.3, -0.25) is 0 Å². The quantitative estimate of drug-likeness (QED) is 0.574. The van der Waals surface area contributed by atoms with Crippen LogP contribution in [-0.2, 0) is 4.74 Å². The van der Waals surface area contributed by atoms with Gasteiger partial charge in [0.2, 0.25) is 0 Å². The highest BCUT2D eigenvalue weighted by molar-refractivity contribution is 4.81. The molecule has 11 heavy (non-hydrogen) atoms. The average molecular weight is 157 g/mol. The zero-order valence-corrected chi connectivity index (χ0v) is 7.81. The number of rotatable bonds is 0. The molecule has 1 aliphatic heterocycles. The number of hydrogen-bond donors (Lipinski definition) is 1. The minimum atomic E-state index is 0.369. The van der Waals surface area contributed by atoms with E-state index in [4.69, 9.17) is 4.74 Å². The summed E-state index contributed by atoms with van der Waals surface area (Å²) in [5.74, 6) is 0. The Hall–Kier alpha value is -0.0800. The van der Waals surface area contributed by atoms with E-state index in [0.29, 0.717) is 11.5 Å². The van der Waals surface area contributed by atoms with Crippen molar-refractivity contribution in [3.8, 4) is 0 Å². The third kappa shape index (κ3) is 2.80. The first-order valence-corrected chi connectivity index (χ1v) is 4.42. The van der Waals surface area contributed by atoms with E-state index in [1.807, 2.05) is 0 Å². The lowest BCUT2D eigenvalue weighted by Gasteiger charge is -2.29. The second kappa shape index (κ2) is 3.55. The van der Waals surface area contributed by atoms with Crippen molar-refractivity contribution < 1.29 is 4.74 Å². The maximum absolute atomic E-state index is 5.36. The summed E-state index contributed by atoms with van der Waals surface area (Å²) in [6.45, 7) is 9.60. The summed E-state index contributed by atoms with van der Waals surface area (Å²) >= 11 is 0. The Kier molecular flexibility index (Phi) is 2.90. The lowest BCUT2D eigenvalue weighted by atomic mass is 9.85. The largest absolute Gasteiger partial charge is 0.380 e. The smallest absolute Gasteiger partial charge is 0.0591 e. The van der Waals surface area contributed by atoms with Crippen molar-refractivity contribution in [2.24, 2.45) is 5.41 Å². The van der Waals surface area contributed by atoms with Crippen molar-refractivity contribution >= 4 is 0 Å². The first-order chi connectivity index (χ1) is 5.11. The molecule has 0 spiro atoms. The van der Waals surface area contributed by atoms with Crippen LogP contribution in [0.2, 0.25) is 0 Å². The molecule has 1 N–H and O–H groups in total. The molecule has 1 fully saturated rings. The van der Waals surface area contributed by atoms with E-state index >= 15 is 0 Å². The van der Waals surface area contributed by atoms with Crippen LogP contribution in [0.25, 0.3) is 0 Å². The summed E-state index contributed by atoms with van der Waals surface area (Å²) in [4.78, 5) is 0. The first-order valence-electron chi connectivity index (χ1n) is 4.42. The van der Waals surface area contributed by atoms with Crippen LogP contribution in [0.3, 0.4) is 0 Å². The SMILES string of the molecule is CC(C)(C)[C@H]1CCOCCN1. The highest BCUT2D eigenvalue weighted by Gasteiger charge is 2.24. The molecule has 0 bridgehead atoms. The molecule has 0 aromatic heterocycles. The van der Waals surface area contributed by atoms with E-state index in [1.165, 1.54) is 0 Å². The zero-order chi connectivity index (χ0) is 8.32. The Balaban J connectivity index is 2.43. The summed E-state index contributed by atoms with van der Waals surface area (Å²) in [5.41, 5.74) is 0.369. The zero-order valence-electron chi connectivity index (χ0n) is 7.81. The Morgan fingerprint density at radius 3 is 2.64 bits per heavy atom. The molecule has 1 rings (SSSR count). The Bertz CT molecular complexity index is 109. The van der Waals surface area contributed by atoms with Crippen molar-refractivity contribution in [3.63, 3.8) is 0 Å². The van der Waals surface area contributed by atoms with Crippen LogP contribution in [0.5, 0.6) is 0 Å². The lowest BCUT2D eigenvalue weighted by Crippen LogP contribution is -2.40. The van der Waals surface area contributed by atoms with Crippen molar-refractivity contribution in [1.82, 2.24) is 5.32 Å². The Morgan fingerprint density at radius 1 is 1.27 bits per heavy atom. The fourth-order valence-corrected chi connectivity index (χ4v) is 1.45. The minimum Gasteiger partial charge on any atom is -0.380 e. The van der Waals surface area contributed by atoms with Gasteiger partial charge in [-0.2, -0.15) is 0 Å². The second-order valence-corrected chi connectivity index (χ2v) is 4.27. The molecule has 0 unspecified atom stereocenters. The van der Waals surface area contributed by atoms with E-state index < -0.39 is 0 Å². The van der Waals surface area contributed by atoms with Gasteiger partial charge in [0.25, 0.3) is 0 Å². The molecule has 66 valence electrons. The first kappa shape index (κ1) is 9.01. The fraction of sp³-hybridized carbons (Fsp3) is 1.00. The van der Waals surface area contributed by atoms with Gasteiger partial charge in [0.05, 0.1) is 6.61 Å². The molecule has 0 aromatic carbocycles. The van der Waals surface area contributed by atoms with Crippen LogP contribution in [0, 0.1) is 5.41 Å².